The number of benzene rings is 1. The highest BCUT2D eigenvalue weighted by atomic mass is 16.5. The number of likely N-dealkylation sites (tertiary alicyclic amines) is 1. The van der Waals surface area contributed by atoms with Gasteiger partial charge in [-0.1, -0.05) is 12.1 Å². The minimum Gasteiger partial charge on any atom is -0.491 e. The summed E-state index contributed by atoms with van der Waals surface area (Å²) < 4.78 is 5.64. The fraction of sp³-hybridized carbons (Fsp3) is 0.562. The average molecular weight is 277 g/mol. The van der Waals surface area contributed by atoms with E-state index >= 15 is 0 Å². The Kier molecular flexibility index (Phi) is 5.01. The molecule has 1 heterocycles. The maximum Gasteiger partial charge on any atom is 0.226 e. The van der Waals surface area contributed by atoms with Gasteiger partial charge in [0, 0.05) is 13.1 Å². The van der Waals surface area contributed by atoms with Crippen molar-refractivity contribution < 1.29 is 14.6 Å². The lowest BCUT2D eigenvalue weighted by molar-refractivity contribution is -0.132. The van der Waals surface area contributed by atoms with E-state index in [0.717, 1.165) is 11.3 Å². The van der Waals surface area contributed by atoms with Gasteiger partial charge >= 0.3 is 0 Å². The first-order valence-corrected chi connectivity index (χ1v) is 7.26. The van der Waals surface area contributed by atoms with Gasteiger partial charge in [-0.05, 0) is 44.4 Å². The predicted molar refractivity (Wildman–Crippen MR) is 77.7 cm³/mol. The lowest BCUT2D eigenvalue weighted by Crippen LogP contribution is -2.40. The molecule has 1 fully saturated rings. The fourth-order valence-corrected chi connectivity index (χ4v) is 2.40. The smallest absolute Gasteiger partial charge is 0.226 e. The van der Waals surface area contributed by atoms with Gasteiger partial charge in [-0.2, -0.15) is 0 Å². The Morgan fingerprint density at radius 1 is 1.40 bits per heavy atom. The van der Waals surface area contributed by atoms with E-state index in [0.29, 0.717) is 32.4 Å². The van der Waals surface area contributed by atoms with Crippen LogP contribution in [0.5, 0.6) is 5.75 Å². The van der Waals surface area contributed by atoms with Crippen molar-refractivity contribution >= 4 is 5.91 Å². The summed E-state index contributed by atoms with van der Waals surface area (Å²) in [6.45, 7) is 5.28. The van der Waals surface area contributed by atoms with Gasteiger partial charge in [0.05, 0.1) is 18.6 Å². The van der Waals surface area contributed by atoms with Crippen LogP contribution >= 0.6 is 0 Å². The van der Waals surface area contributed by atoms with Crippen LogP contribution in [0.15, 0.2) is 24.3 Å². The van der Waals surface area contributed by atoms with Gasteiger partial charge in [0.2, 0.25) is 5.91 Å². The lowest BCUT2D eigenvalue weighted by atomic mass is 10.1. The molecule has 1 aliphatic heterocycles. The molecule has 0 spiro atoms. The molecule has 0 saturated carbocycles. The fourth-order valence-electron chi connectivity index (χ4n) is 2.40. The largest absolute Gasteiger partial charge is 0.491 e. The van der Waals surface area contributed by atoms with E-state index in [4.69, 9.17) is 4.74 Å². The molecule has 0 aliphatic carbocycles. The number of carbonyl (C=O) groups is 1. The molecule has 110 valence electrons. The molecule has 20 heavy (non-hydrogen) atoms. The van der Waals surface area contributed by atoms with Crippen LogP contribution in [-0.2, 0) is 11.2 Å². The van der Waals surface area contributed by atoms with Crippen LogP contribution in [0.25, 0.3) is 0 Å². The minimum atomic E-state index is -0.248. The van der Waals surface area contributed by atoms with Crippen molar-refractivity contribution in [3.8, 4) is 5.75 Å². The zero-order valence-electron chi connectivity index (χ0n) is 12.2. The first-order chi connectivity index (χ1) is 9.54. The van der Waals surface area contributed by atoms with E-state index in [1.807, 2.05) is 43.0 Å². The Morgan fingerprint density at radius 2 is 2.10 bits per heavy atom. The van der Waals surface area contributed by atoms with Crippen LogP contribution in [0.4, 0.5) is 0 Å². The minimum absolute atomic E-state index is 0.124. The summed E-state index contributed by atoms with van der Waals surface area (Å²) in [7, 11) is 0. The zero-order valence-corrected chi connectivity index (χ0v) is 12.2. The molecule has 1 aromatic rings. The molecule has 0 unspecified atom stereocenters. The number of aliphatic hydroxyl groups excluding tert-OH is 1. The summed E-state index contributed by atoms with van der Waals surface area (Å²) in [4.78, 5) is 14.0. The lowest BCUT2D eigenvalue weighted by Gasteiger charge is -2.29. The van der Waals surface area contributed by atoms with Crippen LogP contribution in [0, 0.1) is 0 Å². The van der Waals surface area contributed by atoms with E-state index in [1.54, 1.807) is 0 Å². The van der Waals surface area contributed by atoms with Gasteiger partial charge in [0.15, 0.2) is 0 Å². The number of carbonyl (C=O) groups excluding carboxylic acids is 1. The molecule has 1 saturated heterocycles. The first kappa shape index (κ1) is 14.9. The molecule has 4 heteroatoms. The summed E-state index contributed by atoms with van der Waals surface area (Å²) in [5, 5.41) is 9.46. The van der Waals surface area contributed by atoms with Crippen molar-refractivity contribution in [3.05, 3.63) is 29.8 Å². The normalized spacial score (nSPS) is 16.5. The van der Waals surface area contributed by atoms with Gasteiger partial charge in [-0.25, -0.2) is 0 Å². The predicted octanol–water partition coefficient (Wildman–Crippen LogP) is 2.00. The van der Waals surface area contributed by atoms with Crippen molar-refractivity contribution in [2.45, 2.75) is 45.3 Å². The summed E-state index contributed by atoms with van der Waals surface area (Å²) in [5.74, 6) is 0.929. The molecule has 0 atom stereocenters. The molecule has 1 aromatic carbocycles. The van der Waals surface area contributed by atoms with E-state index in [-0.39, 0.29) is 18.1 Å². The van der Waals surface area contributed by atoms with E-state index in [1.165, 1.54) is 0 Å². The van der Waals surface area contributed by atoms with Crippen LogP contribution in [0.2, 0.25) is 0 Å². The molecule has 0 bridgehead atoms. The van der Waals surface area contributed by atoms with Crippen LogP contribution in [0.1, 0.15) is 32.3 Å². The molecule has 2 rings (SSSR count). The molecule has 1 amide bonds. The molecule has 1 aliphatic rings. The standard InChI is InChI=1S/C16H23NO3/c1-12(2)20-15-5-3-4-13(10-15)11-16(19)17-8-6-14(18)7-9-17/h3-5,10,12,14,18H,6-9,11H2,1-2H3. The third-order valence-corrected chi connectivity index (χ3v) is 3.44. The Bertz CT molecular complexity index is 451. The molecule has 4 nitrogen and oxygen atoms in total. The number of amides is 1. The summed E-state index contributed by atoms with van der Waals surface area (Å²) >= 11 is 0. The second-order valence-corrected chi connectivity index (χ2v) is 5.60. The summed E-state index contributed by atoms with van der Waals surface area (Å²) in [5.41, 5.74) is 0.972. The molecular weight excluding hydrogens is 254 g/mol. The van der Waals surface area contributed by atoms with E-state index < -0.39 is 0 Å². The van der Waals surface area contributed by atoms with Gasteiger partial charge in [0.1, 0.15) is 5.75 Å². The van der Waals surface area contributed by atoms with Crippen molar-refractivity contribution in [1.82, 2.24) is 4.90 Å². The van der Waals surface area contributed by atoms with Crippen LogP contribution in [-0.4, -0.2) is 41.2 Å². The second kappa shape index (κ2) is 6.75. The van der Waals surface area contributed by atoms with Crippen molar-refractivity contribution in [3.63, 3.8) is 0 Å². The quantitative estimate of drug-likeness (QED) is 0.915. The first-order valence-electron chi connectivity index (χ1n) is 7.26. The van der Waals surface area contributed by atoms with Gasteiger partial charge < -0.3 is 14.7 Å². The van der Waals surface area contributed by atoms with E-state index in [9.17, 15) is 9.90 Å². The van der Waals surface area contributed by atoms with Gasteiger partial charge in [-0.15, -0.1) is 0 Å². The van der Waals surface area contributed by atoms with Crippen molar-refractivity contribution in [1.29, 1.82) is 0 Å². The van der Waals surface area contributed by atoms with Gasteiger partial charge in [-0.3, -0.25) is 4.79 Å². The molecule has 0 aromatic heterocycles. The number of aliphatic hydroxyl groups is 1. The third kappa shape index (κ3) is 4.23. The topological polar surface area (TPSA) is 49.8 Å². The molecular formula is C16H23NO3. The number of hydrogen-bond acceptors (Lipinski definition) is 3. The Hall–Kier alpha value is -1.55. The average Bonchev–Trinajstić information content (AvgIpc) is 2.39. The maximum atomic E-state index is 12.2. The summed E-state index contributed by atoms with van der Waals surface area (Å²) in [6.07, 6.45) is 1.64. The van der Waals surface area contributed by atoms with Crippen LogP contribution in [0.3, 0.4) is 0 Å². The highest BCUT2D eigenvalue weighted by molar-refractivity contribution is 5.79. The maximum absolute atomic E-state index is 12.2. The van der Waals surface area contributed by atoms with Gasteiger partial charge in [0.25, 0.3) is 0 Å². The number of nitrogens with zero attached hydrogens (tertiary/aromatic N) is 1. The highest BCUT2D eigenvalue weighted by Gasteiger charge is 2.21. The number of hydrogen-bond donors (Lipinski definition) is 1. The monoisotopic (exact) mass is 277 g/mol. The molecule has 0 radical (unpaired) electrons. The molecule has 1 N–H and O–H groups in total. The third-order valence-electron chi connectivity index (χ3n) is 3.44. The Labute approximate surface area is 120 Å². The Balaban J connectivity index is 1.93. The number of piperidine rings is 1. The zero-order chi connectivity index (χ0) is 14.5. The summed E-state index contributed by atoms with van der Waals surface area (Å²) in [6, 6.07) is 7.70. The van der Waals surface area contributed by atoms with Crippen molar-refractivity contribution in [2.24, 2.45) is 0 Å². The van der Waals surface area contributed by atoms with E-state index in [2.05, 4.69) is 0 Å². The second-order valence-electron chi connectivity index (χ2n) is 5.60. The number of rotatable bonds is 4. The number of ether oxygens (including phenoxy) is 1. The SMILES string of the molecule is CC(C)Oc1cccc(CC(=O)N2CCC(O)CC2)c1. The highest BCUT2D eigenvalue weighted by Crippen LogP contribution is 2.17. The Morgan fingerprint density at radius 3 is 2.75 bits per heavy atom. The van der Waals surface area contributed by atoms with Crippen LogP contribution < -0.4 is 4.74 Å². The van der Waals surface area contributed by atoms with Crippen molar-refractivity contribution in [2.75, 3.05) is 13.1 Å².